The Labute approximate surface area is 130 Å². The number of carbonyl (C=O) groups is 1. The van der Waals surface area contributed by atoms with Crippen molar-refractivity contribution in [2.75, 3.05) is 5.32 Å². The number of nitro benzene ring substituents is 1. The average Bonchev–Trinajstić information content (AvgIpc) is 2.42. The molecule has 0 saturated carbocycles. The van der Waals surface area contributed by atoms with Crippen LogP contribution in [0.1, 0.15) is 15.9 Å². The average molecular weight is 325 g/mol. The number of rotatable bonds is 3. The molecule has 0 heterocycles. The molecule has 0 bridgehead atoms. The summed E-state index contributed by atoms with van der Waals surface area (Å²) >= 11 is 11.7. The minimum absolute atomic E-state index is 0.100. The number of hydrogen-bond donors (Lipinski definition) is 1. The summed E-state index contributed by atoms with van der Waals surface area (Å²) in [6.45, 7) is 1.53. The summed E-state index contributed by atoms with van der Waals surface area (Å²) in [5.74, 6) is -0.449. The van der Waals surface area contributed by atoms with Crippen LogP contribution in [0.5, 0.6) is 0 Å². The molecule has 0 aliphatic carbocycles. The Hall–Kier alpha value is -2.11. The van der Waals surface area contributed by atoms with Gasteiger partial charge >= 0.3 is 0 Å². The Kier molecular flexibility index (Phi) is 4.45. The molecule has 0 aliphatic rings. The Bertz CT molecular complexity index is 732. The van der Waals surface area contributed by atoms with E-state index in [-0.39, 0.29) is 11.3 Å². The minimum Gasteiger partial charge on any atom is -0.322 e. The number of amides is 1. The molecule has 1 amide bonds. The summed E-state index contributed by atoms with van der Waals surface area (Å²) in [4.78, 5) is 22.6. The number of carbonyl (C=O) groups excluding carboxylic acids is 1. The molecule has 0 fully saturated rings. The number of halogens is 2. The minimum atomic E-state index is -0.523. The summed E-state index contributed by atoms with van der Waals surface area (Å²) in [5, 5.41) is 14.2. The summed E-state index contributed by atoms with van der Waals surface area (Å²) in [6.07, 6.45) is 0. The first-order chi connectivity index (χ1) is 9.90. The zero-order valence-corrected chi connectivity index (χ0v) is 12.4. The largest absolute Gasteiger partial charge is 0.322 e. The summed E-state index contributed by atoms with van der Waals surface area (Å²) in [5.41, 5.74) is 0.896. The third-order valence-electron chi connectivity index (χ3n) is 2.92. The lowest BCUT2D eigenvalue weighted by Crippen LogP contribution is -2.14. The van der Waals surface area contributed by atoms with E-state index in [2.05, 4.69) is 5.32 Å². The molecule has 0 spiro atoms. The molecular weight excluding hydrogens is 315 g/mol. The molecule has 2 aromatic carbocycles. The molecule has 1 N–H and O–H groups in total. The van der Waals surface area contributed by atoms with Crippen LogP contribution in [0.15, 0.2) is 36.4 Å². The van der Waals surface area contributed by atoms with Crippen LogP contribution in [0.3, 0.4) is 0 Å². The van der Waals surface area contributed by atoms with Crippen LogP contribution in [-0.2, 0) is 0 Å². The summed E-state index contributed by atoms with van der Waals surface area (Å²) in [7, 11) is 0. The predicted molar refractivity (Wildman–Crippen MR) is 82.2 cm³/mol. The Morgan fingerprint density at radius 1 is 1.19 bits per heavy atom. The molecule has 21 heavy (non-hydrogen) atoms. The maximum Gasteiger partial charge on any atom is 0.273 e. The molecule has 0 aliphatic heterocycles. The van der Waals surface area contributed by atoms with E-state index in [1.165, 1.54) is 31.2 Å². The molecule has 2 aromatic rings. The standard InChI is InChI=1S/C14H10Cl2N2O3/c1-8-10(3-2-4-13(8)18(20)21)14(19)17-9-5-6-11(15)12(16)7-9/h2-7H,1H3,(H,17,19). The lowest BCUT2D eigenvalue weighted by molar-refractivity contribution is -0.385. The number of nitrogens with zero attached hydrogens (tertiary/aromatic N) is 1. The second kappa shape index (κ2) is 6.11. The van der Waals surface area contributed by atoms with Gasteiger partial charge in [-0.05, 0) is 31.2 Å². The second-order valence-corrected chi connectivity index (χ2v) is 5.10. The first-order valence-corrected chi connectivity index (χ1v) is 6.66. The van der Waals surface area contributed by atoms with Crippen LogP contribution in [0.25, 0.3) is 0 Å². The highest BCUT2D eigenvalue weighted by molar-refractivity contribution is 6.42. The maximum atomic E-state index is 12.2. The van der Waals surface area contributed by atoms with Gasteiger partial charge in [0.05, 0.1) is 15.0 Å². The number of nitro groups is 1. The van der Waals surface area contributed by atoms with Gasteiger partial charge in [-0.2, -0.15) is 0 Å². The van der Waals surface area contributed by atoms with Gasteiger partial charge in [-0.3, -0.25) is 14.9 Å². The number of hydrogen-bond acceptors (Lipinski definition) is 3. The molecule has 5 nitrogen and oxygen atoms in total. The van der Waals surface area contributed by atoms with Crippen molar-refractivity contribution in [3.8, 4) is 0 Å². The van der Waals surface area contributed by atoms with E-state index in [1.54, 1.807) is 12.1 Å². The van der Waals surface area contributed by atoms with Gasteiger partial charge in [0.15, 0.2) is 0 Å². The maximum absolute atomic E-state index is 12.2. The first kappa shape index (κ1) is 15.3. The van der Waals surface area contributed by atoms with Gasteiger partial charge in [0.2, 0.25) is 0 Å². The third kappa shape index (κ3) is 3.32. The highest BCUT2D eigenvalue weighted by Gasteiger charge is 2.18. The SMILES string of the molecule is Cc1c(C(=O)Nc2ccc(Cl)c(Cl)c2)cccc1[N+](=O)[O-]. The van der Waals surface area contributed by atoms with Gasteiger partial charge in [0.1, 0.15) is 0 Å². The normalized spacial score (nSPS) is 10.2. The van der Waals surface area contributed by atoms with E-state index >= 15 is 0 Å². The molecule has 108 valence electrons. The fraction of sp³-hybridized carbons (Fsp3) is 0.0714. The Balaban J connectivity index is 2.30. The fourth-order valence-corrected chi connectivity index (χ4v) is 2.14. The van der Waals surface area contributed by atoms with Gasteiger partial charge in [0, 0.05) is 22.9 Å². The monoisotopic (exact) mass is 324 g/mol. The van der Waals surface area contributed by atoms with Crippen molar-refractivity contribution in [2.45, 2.75) is 6.92 Å². The van der Waals surface area contributed by atoms with Crippen LogP contribution >= 0.6 is 23.2 Å². The molecule has 0 atom stereocenters. The molecule has 0 unspecified atom stereocenters. The highest BCUT2D eigenvalue weighted by atomic mass is 35.5. The quantitative estimate of drug-likeness (QED) is 0.669. The van der Waals surface area contributed by atoms with E-state index in [0.717, 1.165) is 0 Å². The number of anilines is 1. The topological polar surface area (TPSA) is 72.2 Å². The Morgan fingerprint density at radius 3 is 2.52 bits per heavy atom. The van der Waals surface area contributed by atoms with Crippen molar-refractivity contribution in [3.63, 3.8) is 0 Å². The van der Waals surface area contributed by atoms with Crippen molar-refractivity contribution < 1.29 is 9.72 Å². The molecule has 2 rings (SSSR count). The fourth-order valence-electron chi connectivity index (χ4n) is 1.84. The van der Waals surface area contributed by atoms with Crippen molar-refractivity contribution in [3.05, 3.63) is 67.7 Å². The number of nitrogens with one attached hydrogen (secondary N) is 1. The molecule has 7 heteroatoms. The lowest BCUT2D eigenvalue weighted by atomic mass is 10.1. The zero-order chi connectivity index (χ0) is 15.6. The van der Waals surface area contributed by atoms with E-state index in [4.69, 9.17) is 23.2 Å². The summed E-state index contributed by atoms with van der Waals surface area (Å²) < 4.78 is 0. The van der Waals surface area contributed by atoms with Crippen LogP contribution in [0.2, 0.25) is 10.0 Å². The van der Waals surface area contributed by atoms with Gasteiger partial charge in [-0.15, -0.1) is 0 Å². The highest BCUT2D eigenvalue weighted by Crippen LogP contribution is 2.26. The van der Waals surface area contributed by atoms with Crippen LogP contribution in [-0.4, -0.2) is 10.8 Å². The van der Waals surface area contributed by atoms with Crippen LogP contribution in [0, 0.1) is 17.0 Å². The third-order valence-corrected chi connectivity index (χ3v) is 3.66. The van der Waals surface area contributed by atoms with E-state index < -0.39 is 10.8 Å². The van der Waals surface area contributed by atoms with E-state index in [0.29, 0.717) is 21.3 Å². The van der Waals surface area contributed by atoms with E-state index in [1.807, 2.05) is 0 Å². The van der Waals surface area contributed by atoms with Crippen LogP contribution in [0.4, 0.5) is 11.4 Å². The predicted octanol–water partition coefficient (Wildman–Crippen LogP) is 4.46. The van der Waals surface area contributed by atoms with Gasteiger partial charge in [-0.1, -0.05) is 29.3 Å². The van der Waals surface area contributed by atoms with Crippen molar-refractivity contribution in [2.24, 2.45) is 0 Å². The van der Waals surface area contributed by atoms with Crippen molar-refractivity contribution >= 4 is 40.5 Å². The molecule has 0 radical (unpaired) electrons. The van der Waals surface area contributed by atoms with Crippen LogP contribution < -0.4 is 5.32 Å². The Morgan fingerprint density at radius 2 is 1.90 bits per heavy atom. The number of benzene rings is 2. The molecule has 0 aromatic heterocycles. The molecular formula is C14H10Cl2N2O3. The van der Waals surface area contributed by atoms with E-state index in [9.17, 15) is 14.9 Å². The lowest BCUT2D eigenvalue weighted by Gasteiger charge is -2.08. The van der Waals surface area contributed by atoms with Gasteiger partial charge < -0.3 is 5.32 Å². The molecule has 0 saturated heterocycles. The summed E-state index contributed by atoms with van der Waals surface area (Å²) in [6, 6.07) is 9.00. The smallest absolute Gasteiger partial charge is 0.273 e. The van der Waals surface area contributed by atoms with Crippen molar-refractivity contribution in [1.82, 2.24) is 0 Å². The van der Waals surface area contributed by atoms with Gasteiger partial charge in [-0.25, -0.2) is 0 Å². The van der Waals surface area contributed by atoms with Crippen molar-refractivity contribution in [1.29, 1.82) is 0 Å². The first-order valence-electron chi connectivity index (χ1n) is 5.90. The van der Waals surface area contributed by atoms with Gasteiger partial charge in [0.25, 0.3) is 11.6 Å². The second-order valence-electron chi connectivity index (χ2n) is 4.29. The zero-order valence-electron chi connectivity index (χ0n) is 10.9.